The molecule has 0 aromatic heterocycles. The molecule has 1 aromatic carbocycles. The first kappa shape index (κ1) is 17.7. The SMILES string of the molecule is CC(C)(C)OC(=O)N1CCC(=O)C(CC2Cc3cc(F)ccc3O2)C1. The van der Waals surface area contributed by atoms with Gasteiger partial charge in [0.05, 0.1) is 0 Å². The third-order valence-corrected chi connectivity index (χ3v) is 4.49. The lowest BCUT2D eigenvalue weighted by molar-refractivity contribution is -0.126. The Morgan fingerprint density at radius 2 is 2.16 bits per heavy atom. The smallest absolute Gasteiger partial charge is 0.410 e. The summed E-state index contributed by atoms with van der Waals surface area (Å²) in [5.41, 5.74) is 0.270. The van der Waals surface area contributed by atoms with Gasteiger partial charge in [-0.1, -0.05) is 0 Å². The van der Waals surface area contributed by atoms with E-state index in [4.69, 9.17) is 9.47 Å². The molecular weight excluding hydrogens is 325 g/mol. The van der Waals surface area contributed by atoms with Crippen molar-refractivity contribution in [2.24, 2.45) is 5.92 Å². The van der Waals surface area contributed by atoms with Gasteiger partial charge < -0.3 is 14.4 Å². The zero-order valence-electron chi connectivity index (χ0n) is 14.9. The number of ketones is 1. The molecule has 2 aliphatic rings. The van der Waals surface area contributed by atoms with Crippen molar-refractivity contribution in [2.45, 2.75) is 51.7 Å². The number of Topliss-reactive ketones (excluding diaryl/α,β-unsaturated/α-hetero) is 1. The fourth-order valence-corrected chi connectivity index (χ4v) is 3.34. The first-order chi connectivity index (χ1) is 11.7. The number of carbonyl (C=O) groups excluding carboxylic acids is 2. The van der Waals surface area contributed by atoms with Crippen molar-refractivity contribution >= 4 is 11.9 Å². The summed E-state index contributed by atoms with van der Waals surface area (Å²) in [5, 5.41) is 0. The molecule has 2 unspecified atom stereocenters. The molecule has 5 nitrogen and oxygen atoms in total. The molecule has 0 bridgehead atoms. The van der Waals surface area contributed by atoms with E-state index in [1.54, 1.807) is 11.0 Å². The normalized spacial score (nSPS) is 23.2. The monoisotopic (exact) mass is 349 g/mol. The van der Waals surface area contributed by atoms with E-state index in [9.17, 15) is 14.0 Å². The van der Waals surface area contributed by atoms with Crippen molar-refractivity contribution in [2.75, 3.05) is 13.1 Å². The highest BCUT2D eigenvalue weighted by Gasteiger charge is 2.35. The van der Waals surface area contributed by atoms with E-state index in [0.717, 1.165) is 5.56 Å². The molecule has 1 amide bonds. The number of benzene rings is 1. The zero-order chi connectivity index (χ0) is 18.2. The van der Waals surface area contributed by atoms with Gasteiger partial charge in [0.15, 0.2) is 0 Å². The molecule has 1 fully saturated rings. The second-order valence-electron chi connectivity index (χ2n) is 7.77. The van der Waals surface area contributed by atoms with Gasteiger partial charge in [0.1, 0.15) is 29.1 Å². The Morgan fingerprint density at radius 1 is 1.40 bits per heavy atom. The Labute approximate surface area is 147 Å². The molecule has 1 saturated heterocycles. The fourth-order valence-electron chi connectivity index (χ4n) is 3.34. The summed E-state index contributed by atoms with van der Waals surface area (Å²) in [6.45, 7) is 6.19. The van der Waals surface area contributed by atoms with Crippen molar-refractivity contribution in [3.8, 4) is 5.75 Å². The summed E-state index contributed by atoms with van der Waals surface area (Å²) in [7, 11) is 0. The predicted molar refractivity (Wildman–Crippen MR) is 90.1 cm³/mol. The van der Waals surface area contributed by atoms with Gasteiger partial charge in [0, 0.05) is 37.4 Å². The number of nitrogens with zero attached hydrogens (tertiary/aromatic N) is 1. The van der Waals surface area contributed by atoms with Crippen LogP contribution in [0.2, 0.25) is 0 Å². The summed E-state index contributed by atoms with van der Waals surface area (Å²) >= 11 is 0. The Kier molecular flexibility index (Phi) is 4.71. The summed E-state index contributed by atoms with van der Waals surface area (Å²) in [6, 6.07) is 4.47. The molecular formula is C19H24FNO4. The number of hydrogen-bond acceptors (Lipinski definition) is 4. The lowest BCUT2D eigenvalue weighted by Gasteiger charge is -2.34. The van der Waals surface area contributed by atoms with E-state index in [1.807, 2.05) is 20.8 Å². The highest BCUT2D eigenvalue weighted by molar-refractivity contribution is 5.84. The molecule has 0 saturated carbocycles. The van der Waals surface area contributed by atoms with Gasteiger partial charge in [-0.15, -0.1) is 0 Å². The van der Waals surface area contributed by atoms with Crippen LogP contribution in [0.1, 0.15) is 39.2 Å². The molecule has 0 N–H and O–H groups in total. The largest absolute Gasteiger partial charge is 0.490 e. The predicted octanol–water partition coefficient (Wildman–Crippen LogP) is 3.35. The van der Waals surface area contributed by atoms with Crippen molar-refractivity contribution in [3.63, 3.8) is 0 Å². The van der Waals surface area contributed by atoms with E-state index in [0.29, 0.717) is 38.1 Å². The lowest BCUT2D eigenvalue weighted by atomic mass is 9.90. The highest BCUT2D eigenvalue weighted by Crippen LogP contribution is 2.33. The van der Waals surface area contributed by atoms with E-state index >= 15 is 0 Å². The topological polar surface area (TPSA) is 55.8 Å². The van der Waals surface area contributed by atoms with Gasteiger partial charge in [-0.3, -0.25) is 4.79 Å². The maximum atomic E-state index is 13.3. The van der Waals surface area contributed by atoms with Crippen molar-refractivity contribution in [1.29, 1.82) is 0 Å². The summed E-state index contributed by atoms with van der Waals surface area (Å²) in [6.07, 6.45) is 0.891. The van der Waals surface area contributed by atoms with Crippen LogP contribution in [0.5, 0.6) is 5.75 Å². The van der Waals surface area contributed by atoms with Crippen molar-refractivity contribution in [3.05, 3.63) is 29.6 Å². The number of amides is 1. The van der Waals surface area contributed by atoms with Crippen LogP contribution in [0.3, 0.4) is 0 Å². The van der Waals surface area contributed by atoms with Gasteiger partial charge in [-0.2, -0.15) is 0 Å². The lowest BCUT2D eigenvalue weighted by Crippen LogP contribution is -2.47. The average molecular weight is 349 g/mol. The zero-order valence-corrected chi connectivity index (χ0v) is 14.9. The van der Waals surface area contributed by atoms with E-state index in [1.165, 1.54) is 12.1 Å². The summed E-state index contributed by atoms with van der Waals surface area (Å²) in [5.74, 6) is 0.266. The Hall–Kier alpha value is -2.11. The average Bonchev–Trinajstić information content (AvgIpc) is 2.89. The van der Waals surface area contributed by atoms with Gasteiger partial charge >= 0.3 is 6.09 Å². The number of carbonyl (C=O) groups is 2. The molecule has 0 spiro atoms. The van der Waals surface area contributed by atoms with Crippen LogP contribution in [-0.4, -0.2) is 41.6 Å². The van der Waals surface area contributed by atoms with Gasteiger partial charge in [0.2, 0.25) is 0 Å². The molecule has 2 atom stereocenters. The number of ether oxygens (including phenoxy) is 2. The second kappa shape index (κ2) is 6.65. The first-order valence-corrected chi connectivity index (χ1v) is 8.67. The van der Waals surface area contributed by atoms with E-state index < -0.39 is 5.60 Å². The number of rotatable bonds is 2. The standard InChI is InChI=1S/C19H24FNO4/c1-19(2,3)25-18(23)21-7-6-16(22)13(11-21)10-15-9-12-8-14(20)4-5-17(12)24-15/h4-5,8,13,15H,6-7,9-11H2,1-3H3. The van der Waals surface area contributed by atoms with Crippen LogP contribution >= 0.6 is 0 Å². The summed E-state index contributed by atoms with van der Waals surface area (Å²) in [4.78, 5) is 26.1. The molecule has 2 aliphatic heterocycles. The Morgan fingerprint density at radius 3 is 2.88 bits per heavy atom. The fraction of sp³-hybridized carbons (Fsp3) is 0.579. The Bertz CT molecular complexity index is 682. The van der Waals surface area contributed by atoms with Gasteiger partial charge in [-0.05, 0) is 45.4 Å². The minimum atomic E-state index is -0.561. The van der Waals surface area contributed by atoms with Gasteiger partial charge in [-0.25, -0.2) is 9.18 Å². The van der Waals surface area contributed by atoms with E-state index in [2.05, 4.69) is 0 Å². The van der Waals surface area contributed by atoms with Crippen molar-refractivity contribution in [1.82, 2.24) is 4.90 Å². The number of fused-ring (bicyclic) bond motifs is 1. The number of piperidine rings is 1. The van der Waals surface area contributed by atoms with Crippen LogP contribution < -0.4 is 4.74 Å². The molecule has 0 radical (unpaired) electrons. The Balaban J connectivity index is 1.60. The molecule has 3 rings (SSSR count). The molecule has 2 heterocycles. The minimum Gasteiger partial charge on any atom is -0.490 e. The van der Waals surface area contributed by atoms with Crippen molar-refractivity contribution < 1.29 is 23.5 Å². The summed E-state index contributed by atoms with van der Waals surface area (Å²) < 4.78 is 24.6. The third kappa shape index (κ3) is 4.30. The number of halogens is 1. The third-order valence-electron chi connectivity index (χ3n) is 4.49. The maximum absolute atomic E-state index is 13.3. The highest BCUT2D eigenvalue weighted by atomic mass is 19.1. The van der Waals surface area contributed by atoms with Gasteiger partial charge in [0.25, 0.3) is 0 Å². The van der Waals surface area contributed by atoms with E-state index in [-0.39, 0.29) is 29.7 Å². The van der Waals surface area contributed by atoms with Crippen LogP contribution in [0.4, 0.5) is 9.18 Å². The van der Waals surface area contributed by atoms with Crippen LogP contribution in [0.15, 0.2) is 18.2 Å². The molecule has 0 aliphatic carbocycles. The number of likely N-dealkylation sites (tertiary alicyclic amines) is 1. The first-order valence-electron chi connectivity index (χ1n) is 8.67. The minimum absolute atomic E-state index is 0.144. The molecule has 25 heavy (non-hydrogen) atoms. The quantitative estimate of drug-likeness (QED) is 0.822. The maximum Gasteiger partial charge on any atom is 0.410 e. The molecule has 1 aromatic rings. The second-order valence-corrected chi connectivity index (χ2v) is 7.77. The molecule has 136 valence electrons. The van der Waals surface area contributed by atoms with Crippen LogP contribution in [0.25, 0.3) is 0 Å². The van der Waals surface area contributed by atoms with Crippen LogP contribution in [-0.2, 0) is 16.0 Å². The molecule has 6 heteroatoms. The van der Waals surface area contributed by atoms with Crippen LogP contribution in [0, 0.1) is 11.7 Å². The number of hydrogen-bond donors (Lipinski definition) is 0.